The van der Waals surface area contributed by atoms with Gasteiger partial charge in [0.1, 0.15) is 36.3 Å². The van der Waals surface area contributed by atoms with Crippen molar-refractivity contribution in [2.45, 2.75) is 203 Å². The van der Waals surface area contributed by atoms with Crippen LogP contribution in [0.15, 0.2) is 36.5 Å². The highest BCUT2D eigenvalue weighted by molar-refractivity contribution is 5.92. The van der Waals surface area contributed by atoms with Crippen LogP contribution in [0.4, 0.5) is 0 Å². The Kier molecular flexibility index (Phi) is 21.9. The molecular formula is C53H82O15. The normalized spacial score (nSPS) is 40.2. The Morgan fingerprint density at radius 2 is 1.37 bits per heavy atom. The van der Waals surface area contributed by atoms with Gasteiger partial charge in [0.2, 0.25) is 0 Å². The topological polar surface area (TPSA) is 204 Å². The van der Waals surface area contributed by atoms with Gasteiger partial charge in [-0.2, -0.15) is 0 Å². The number of carbonyl (C=O) groups is 7. The highest BCUT2D eigenvalue weighted by Gasteiger charge is 2.56. The third-order valence-corrected chi connectivity index (χ3v) is 14.6. The lowest BCUT2D eigenvalue weighted by molar-refractivity contribution is -0.371. The minimum Gasteiger partial charge on any atom is -0.463 e. The maximum atomic E-state index is 14.4. The molecule has 15 nitrogen and oxygen atoms in total. The summed E-state index contributed by atoms with van der Waals surface area (Å²) < 4.78 is 42.9. The lowest BCUT2D eigenvalue weighted by Gasteiger charge is -2.55. The quantitative estimate of drug-likeness (QED) is 0.189. The summed E-state index contributed by atoms with van der Waals surface area (Å²) in [4.78, 5) is 92.0. The lowest BCUT2D eigenvalue weighted by atomic mass is 9.74. The van der Waals surface area contributed by atoms with Crippen LogP contribution in [-0.2, 0) is 66.7 Å². The monoisotopic (exact) mass is 959 g/mol. The third-order valence-electron chi connectivity index (χ3n) is 14.6. The van der Waals surface area contributed by atoms with Gasteiger partial charge in [-0.3, -0.25) is 28.8 Å². The fraction of sp³-hybridized carbons (Fsp3) is 0.755. The van der Waals surface area contributed by atoms with Gasteiger partial charge in [0.15, 0.2) is 17.2 Å². The standard InChI is InChI=1S/C53H82O15/c1-16-42-21-19-17-18-20-31(4)51(65-41(14)57)52(15,61)50(60)36(9)48(64-40(13)56)35(8)46(59)34(7)47(63-39(12)55)30(3)22-25-45(58)66-49-33(6)43(24-23-42)67-53(37(49)10)27-26-29(2)44(68-53)28-32(5)62-38(11)54/h17-19,21-22,25,29-37,42-44,47-49,51,61H,16,20,23-24,26-28H2,1-15H3/b18-17+,21-19+,25-22+/t29-,30-,31+,32+,33+,34+,35-,36-,37-,42-,43-,44-,47+,48+,49+,51-,52-,53-/m1/s1. The van der Waals surface area contributed by atoms with Gasteiger partial charge in [0.25, 0.3) is 0 Å². The van der Waals surface area contributed by atoms with E-state index in [1.165, 1.54) is 53.7 Å². The molecule has 0 aromatic carbocycles. The van der Waals surface area contributed by atoms with Crippen LogP contribution in [0, 0.1) is 53.3 Å². The number of ether oxygens (including phenoxy) is 7. The molecule has 68 heavy (non-hydrogen) atoms. The number of allylic oxidation sites excluding steroid dienone is 4. The van der Waals surface area contributed by atoms with Gasteiger partial charge < -0.3 is 38.3 Å². The molecule has 0 aliphatic carbocycles. The minimum atomic E-state index is -2.27. The minimum absolute atomic E-state index is 0.146. The summed E-state index contributed by atoms with van der Waals surface area (Å²) in [7, 11) is 0. The van der Waals surface area contributed by atoms with E-state index < -0.39 is 107 Å². The molecule has 0 radical (unpaired) electrons. The molecule has 0 amide bonds. The molecule has 3 aliphatic rings. The zero-order valence-corrected chi connectivity index (χ0v) is 43.3. The number of esters is 5. The summed E-state index contributed by atoms with van der Waals surface area (Å²) >= 11 is 0. The highest BCUT2D eigenvalue weighted by atomic mass is 16.7. The van der Waals surface area contributed by atoms with Crippen LogP contribution in [0.25, 0.3) is 0 Å². The van der Waals surface area contributed by atoms with Crippen LogP contribution in [0.3, 0.4) is 0 Å². The first kappa shape index (κ1) is 58.1. The van der Waals surface area contributed by atoms with Gasteiger partial charge in [-0.15, -0.1) is 0 Å². The van der Waals surface area contributed by atoms with Crippen molar-refractivity contribution >= 4 is 41.4 Å². The second-order valence-corrected chi connectivity index (χ2v) is 20.3. The maximum absolute atomic E-state index is 14.4. The van der Waals surface area contributed by atoms with E-state index in [1.807, 2.05) is 39.0 Å². The smallest absolute Gasteiger partial charge is 0.330 e. The molecular weight excluding hydrogens is 877 g/mol. The van der Waals surface area contributed by atoms with Crippen molar-refractivity contribution in [2.75, 3.05) is 0 Å². The number of hydrogen-bond acceptors (Lipinski definition) is 15. The van der Waals surface area contributed by atoms with E-state index in [-0.39, 0.29) is 42.0 Å². The Hall–Kier alpha value is -4.21. The molecule has 1 spiro atoms. The number of fused-ring (bicyclic) bond motifs is 2. The molecule has 3 heterocycles. The molecule has 0 saturated carbocycles. The van der Waals surface area contributed by atoms with E-state index in [1.54, 1.807) is 20.8 Å². The first-order valence-electron chi connectivity index (χ1n) is 24.7. The molecule has 0 aromatic heterocycles. The number of carbonyl (C=O) groups excluding carboxylic acids is 7. The Labute approximate surface area is 404 Å². The third kappa shape index (κ3) is 15.4. The number of Topliss-reactive ketones (excluding diaryl/α,β-unsaturated/α-hetero) is 2. The molecule has 0 aromatic rings. The van der Waals surface area contributed by atoms with E-state index in [0.29, 0.717) is 25.7 Å². The van der Waals surface area contributed by atoms with Gasteiger partial charge in [0.05, 0.1) is 30.0 Å². The summed E-state index contributed by atoms with van der Waals surface area (Å²) in [5.74, 6) is -10.7. The molecule has 15 heteroatoms. The fourth-order valence-corrected chi connectivity index (χ4v) is 10.5. The predicted molar refractivity (Wildman–Crippen MR) is 253 cm³/mol. The van der Waals surface area contributed by atoms with Crippen molar-refractivity contribution in [1.82, 2.24) is 0 Å². The summed E-state index contributed by atoms with van der Waals surface area (Å²) in [5, 5.41) is 12.0. The first-order valence-corrected chi connectivity index (χ1v) is 24.7. The second-order valence-electron chi connectivity index (χ2n) is 20.3. The highest BCUT2D eigenvalue weighted by Crippen LogP contribution is 2.49. The maximum Gasteiger partial charge on any atom is 0.330 e. The van der Waals surface area contributed by atoms with Crippen molar-refractivity contribution < 1.29 is 71.8 Å². The van der Waals surface area contributed by atoms with Crippen molar-refractivity contribution in [3.8, 4) is 0 Å². The van der Waals surface area contributed by atoms with Gasteiger partial charge in [0, 0.05) is 64.4 Å². The molecule has 384 valence electrons. The van der Waals surface area contributed by atoms with Gasteiger partial charge in [-0.05, 0) is 63.7 Å². The van der Waals surface area contributed by atoms with Gasteiger partial charge in [-0.25, -0.2) is 4.79 Å². The van der Waals surface area contributed by atoms with E-state index in [0.717, 1.165) is 26.2 Å². The fourth-order valence-electron chi connectivity index (χ4n) is 10.5. The van der Waals surface area contributed by atoms with E-state index >= 15 is 0 Å². The number of hydrogen-bond donors (Lipinski definition) is 1. The molecule has 1 N–H and O–H groups in total. The Bertz CT molecular complexity index is 1850. The first-order chi connectivity index (χ1) is 31.7. The van der Waals surface area contributed by atoms with E-state index in [9.17, 15) is 38.7 Å². The van der Waals surface area contributed by atoms with Gasteiger partial charge >= 0.3 is 29.8 Å². The zero-order chi connectivity index (χ0) is 51.4. The molecule has 2 fully saturated rings. The number of aliphatic hydroxyl groups is 1. The summed E-state index contributed by atoms with van der Waals surface area (Å²) in [6.07, 6.45) is 9.45. The van der Waals surface area contributed by atoms with E-state index in [4.69, 9.17) is 33.2 Å². The average Bonchev–Trinajstić information content (AvgIpc) is 3.26. The second kappa shape index (κ2) is 25.6. The molecule has 18 atom stereocenters. The van der Waals surface area contributed by atoms with Crippen molar-refractivity contribution in [3.63, 3.8) is 0 Å². The van der Waals surface area contributed by atoms with Crippen LogP contribution in [0.5, 0.6) is 0 Å². The molecule has 0 unspecified atom stereocenters. The van der Waals surface area contributed by atoms with Crippen molar-refractivity contribution in [3.05, 3.63) is 36.5 Å². The molecule has 3 rings (SSSR count). The van der Waals surface area contributed by atoms with Crippen LogP contribution in [0.1, 0.15) is 149 Å². The van der Waals surface area contributed by atoms with Gasteiger partial charge in [-0.1, -0.05) is 92.7 Å². The van der Waals surface area contributed by atoms with E-state index in [2.05, 4.69) is 19.9 Å². The van der Waals surface area contributed by atoms with Crippen molar-refractivity contribution in [2.24, 2.45) is 53.3 Å². The predicted octanol–water partition coefficient (Wildman–Crippen LogP) is 8.17. The molecule has 2 saturated heterocycles. The SMILES string of the molecule is CC[C@@H]1/C=C/C=C/C[C@H](C)[C@@H](OC(C)=O)[C@](C)(O)C(=O)[C@H](C)[C@@H](OC(C)=O)[C@H](C)C(=O)[C@H](C)[C@@H](OC(C)=O)[C@H](C)/C=C/C(=O)O[C@H]2[C@@H](C)[C@@H](CC1)O[C@@]1(CC[C@@H](C)[C@@H](C[C@H](C)OC(C)=O)O1)[C@@H]2C. The molecule has 2 bridgehead atoms. The lowest BCUT2D eigenvalue weighted by Crippen LogP contribution is -2.62. The Morgan fingerprint density at radius 1 is 0.765 bits per heavy atom. The van der Waals surface area contributed by atoms with Crippen LogP contribution >= 0.6 is 0 Å². The van der Waals surface area contributed by atoms with Crippen LogP contribution in [-0.4, -0.2) is 101 Å². The number of rotatable bonds is 7. The summed E-state index contributed by atoms with van der Waals surface area (Å²) in [6.45, 7) is 24.1. The van der Waals surface area contributed by atoms with Crippen LogP contribution in [0.2, 0.25) is 0 Å². The van der Waals surface area contributed by atoms with Crippen LogP contribution < -0.4 is 0 Å². The zero-order valence-electron chi connectivity index (χ0n) is 43.3. The average molecular weight is 959 g/mol. The number of ketones is 2. The largest absolute Gasteiger partial charge is 0.463 e. The Morgan fingerprint density at radius 3 is 1.96 bits per heavy atom. The Balaban J connectivity index is 2.15. The molecule has 3 aliphatic heterocycles. The summed E-state index contributed by atoms with van der Waals surface area (Å²) in [6, 6.07) is 0. The summed E-state index contributed by atoms with van der Waals surface area (Å²) in [5.41, 5.74) is -2.27. The van der Waals surface area contributed by atoms with Crippen molar-refractivity contribution in [1.29, 1.82) is 0 Å².